The van der Waals surface area contributed by atoms with Crippen molar-refractivity contribution in [3.05, 3.63) is 37.2 Å². The van der Waals surface area contributed by atoms with E-state index in [1.54, 1.807) is 6.08 Å². The molecule has 0 aliphatic carbocycles. The Hall–Kier alpha value is -1.05. The zero-order valence-electron chi connectivity index (χ0n) is 9.53. The average molecular weight is 189 g/mol. The molecule has 0 radical (unpaired) electrons. The van der Waals surface area contributed by atoms with E-state index in [4.69, 9.17) is 0 Å². The molecule has 0 atom stereocenters. The van der Waals surface area contributed by atoms with Gasteiger partial charge in [-0.05, 0) is 13.0 Å². The van der Waals surface area contributed by atoms with Gasteiger partial charge in [0.05, 0.1) is 0 Å². The van der Waals surface area contributed by atoms with Crippen LogP contribution in [0.1, 0.15) is 20.8 Å². The third-order valence-electron chi connectivity index (χ3n) is 2.14. The van der Waals surface area contributed by atoms with E-state index in [9.17, 15) is 0 Å². The van der Waals surface area contributed by atoms with Crippen LogP contribution < -0.4 is 5.46 Å². The number of hydrogen-bond acceptors (Lipinski definition) is 1. The van der Waals surface area contributed by atoms with Crippen molar-refractivity contribution >= 4 is 12.2 Å². The largest absolute Gasteiger partial charge is 0.265 e. The second-order valence-electron chi connectivity index (χ2n) is 3.21. The Morgan fingerprint density at radius 1 is 1.43 bits per heavy atom. The van der Waals surface area contributed by atoms with Crippen molar-refractivity contribution in [2.45, 2.75) is 33.4 Å². The summed E-state index contributed by atoms with van der Waals surface area (Å²) < 4.78 is 0. The molecule has 0 aliphatic rings. The summed E-state index contributed by atoms with van der Waals surface area (Å²) in [5, 5.41) is 0. The minimum absolute atomic E-state index is 0.698. The molecule has 0 saturated heterocycles. The van der Waals surface area contributed by atoms with Crippen LogP contribution in [0, 0.1) is 0 Å². The molecule has 1 nitrogen and oxygen atoms in total. The van der Waals surface area contributed by atoms with Crippen molar-refractivity contribution in [1.82, 2.24) is 4.98 Å². The van der Waals surface area contributed by atoms with Gasteiger partial charge in [0.1, 0.15) is 0 Å². The van der Waals surface area contributed by atoms with Crippen LogP contribution in [0.15, 0.2) is 37.2 Å². The molecule has 0 spiro atoms. The molecule has 0 aliphatic heterocycles. The van der Waals surface area contributed by atoms with Crippen molar-refractivity contribution < 1.29 is 0 Å². The van der Waals surface area contributed by atoms with Gasteiger partial charge in [-0.2, -0.15) is 0 Å². The van der Waals surface area contributed by atoms with Crippen LogP contribution in [-0.2, 0) is 0 Å². The summed E-state index contributed by atoms with van der Waals surface area (Å²) in [6, 6.07) is 4.16. The first-order valence-electron chi connectivity index (χ1n) is 5.27. The highest BCUT2D eigenvalue weighted by molar-refractivity contribution is 6.72. The first-order valence-corrected chi connectivity index (χ1v) is 5.27. The van der Waals surface area contributed by atoms with Crippen molar-refractivity contribution in [2.24, 2.45) is 0 Å². The second-order valence-corrected chi connectivity index (χ2v) is 3.21. The lowest BCUT2D eigenvalue weighted by Crippen LogP contribution is -2.27. The molecule has 0 bridgehead atoms. The van der Waals surface area contributed by atoms with E-state index in [0.29, 0.717) is 6.71 Å². The van der Waals surface area contributed by atoms with Gasteiger partial charge in [0.15, 0.2) is 6.71 Å². The van der Waals surface area contributed by atoms with Crippen molar-refractivity contribution in [3.63, 3.8) is 0 Å². The third kappa shape index (κ3) is 4.85. The van der Waals surface area contributed by atoms with Crippen molar-refractivity contribution in [3.8, 4) is 0 Å². The lowest BCUT2D eigenvalue weighted by molar-refractivity contribution is 1.30. The number of aromatic nitrogens is 1. The SMILES string of the molecule is C=CC.CCB(CC)c1cccnc1. The maximum atomic E-state index is 4.10. The zero-order valence-corrected chi connectivity index (χ0v) is 9.53. The van der Waals surface area contributed by atoms with Gasteiger partial charge in [-0.15, -0.1) is 6.58 Å². The molecular weight excluding hydrogens is 169 g/mol. The molecule has 0 aromatic carbocycles. The van der Waals surface area contributed by atoms with Gasteiger partial charge in [0, 0.05) is 12.4 Å². The molecule has 1 aromatic heterocycles. The number of hydrogen-bond donors (Lipinski definition) is 0. The summed E-state index contributed by atoms with van der Waals surface area (Å²) in [5.74, 6) is 0. The quantitative estimate of drug-likeness (QED) is 0.526. The first-order chi connectivity index (χ1) is 6.79. The highest BCUT2D eigenvalue weighted by Crippen LogP contribution is 1.97. The smallest absolute Gasteiger partial charge is 0.177 e. The second kappa shape index (κ2) is 8.55. The van der Waals surface area contributed by atoms with E-state index in [1.807, 2.05) is 25.4 Å². The maximum absolute atomic E-state index is 4.10. The van der Waals surface area contributed by atoms with Crippen LogP contribution >= 0.6 is 0 Å². The summed E-state index contributed by atoms with van der Waals surface area (Å²) in [6.07, 6.45) is 7.97. The molecular formula is C12H20BN. The Bertz CT molecular complexity index is 229. The summed E-state index contributed by atoms with van der Waals surface area (Å²) in [5.41, 5.74) is 1.37. The Labute approximate surface area is 88.3 Å². The first kappa shape index (κ1) is 13.0. The Morgan fingerprint density at radius 2 is 2.00 bits per heavy atom. The van der Waals surface area contributed by atoms with Gasteiger partial charge < -0.3 is 0 Å². The van der Waals surface area contributed by atoms with Crippen LogP contribution in [0.25, 0.3) is 0 Å². The molecule has 76 valence electrons. The predicted molar refractivity (Wildman–Crippen MR) is 66.5 cm³/mol. The molecule has 0 fully saturated rings. The van der Waals surface area contributed by atoms with E-state index in [-0.39, 0.29) is 0 Å². The Balaban J connectivity index is 0.000000500. The van der Waals surface area contributed by atoms with E-state index in [0.717, 1.165) is 0 Å². The fourth-order valence-corrected chi connectivity index (χ4v) is 1.38. The average Bonchev–Trinajstić information content (AvgIpc) is 2.22. The molecule has 0 saturated carbocycles. The van der Waals surface area contributed by atoms with Gasteiger partial charge in [-0.25, -0.2) is 0 Å². The molecule has 2 heteroatoms. The standard InChI is InChI=1S/C9H14BN.C3H6/c1-3-10(4-2)9-6-5-7-11-8-9;1-3-2/h5-8H,3-4H2,1-2H3;3H,1H2,2H3. The lowest BCUT2D eigenvalue weighted by Gasteiger charge is -2.06. The van der Waals surface area contributed by atoms with Gasteiger partial charge in [-0.1, -0.05) is 44.1 Å². The Kier molecular flexibility index (Phi) is 7.91. The van der Waals surface area contributed by atoms with Crippen LogP contribution in [0.4, 0.5) is 0 Å². The molecule has 14 heavy (non-hydrogen) atoms. The highest BCUT2D eigenvalue weighted by atomic mass is 14.6. The lowest BCUT2D eigenvalue weighted by atomic mass is 9.42. The normalized spacial score (nSPS) is 8.50. The Morgan fingerprint density at radius 3 is 2.36 bits per heavy atom. The van der Waals surface area contributed by atoms with Crippen molar-refractivity contribution in [2.75, 3.05) is 0 Å². The molecule has 0 unspecified atom stereocenters. The van der Waals surface area contributed by atoms with E-state index < -0.39 is 0 Å². The fraction of sp³-hybridized carbons (Fsp3) is 0.417. The minimum Gasteiger partial charge on any atom is -0.265 e. The van der Waals surface area contributed by atoms with Crippen LogP contribution in [0.2, 0.25) is 12.6 Å². The molecule has 1 heterocycles. The van der Waals surface area contributed by atoms with Gasteiger partial charge >= 0.3 is 0 Å². The summed E-state index contributed by atoms with van der Waals surface area (Å²) in [7, 11) is 0. The van der Waals surface area contributed by atoms with Gasteiger partial charge in [0.25, 0.3) is 0 Å². The fourth-order valence-electron chi connectivity index (χ4n) is 1.38. The zero-order chi connectivity index (χ0) is 10.8. The molecule has 1 rings (SSSR count). The topological polar surface area (TPSA) is 12.9 Å². The monoisotopic (exact) mass is 189 g/mol. The maximum Gasteiger partial charge on any atom is 0.177 e. The number of rotatable bonds is 3. The summed E-state index contributed by atoms with van der Waals surface area (Å²) in [6.45, 7) is 10.4. The van der Waals surface area contributed by atoms with Crippen molar-refractivity contribution in [1.29, 1.82) is 0 Å². The van der Waals surface area contributed by atoms with E-state index in [2.05, 4.69) is 31.5 Å². The summed E-state index contributed by atoms with van der Waals surface area (Å²) >= 11 is 0. The highest BCUT2D eigenvalue weighted by Gasteiger charge is 2.09. The number of nitrogens with zero attached hydrogens (tertiary/aromatic N) is 1. The van der Waals surface area contributed by atoms with Crippen LogP contribution in [0.5, 0.6) is 0 Å². The van der Waals surface area contributed by atoms with E-state index >= 15 is 0 Å². The predicted octanol–water partition coefficient (Wildman–Crippen LogP) is 3.02. The third-order valence-corrected chi connectivity index (χ3v) is 2.14. The van der Waals surface area contributed by atoms with Crippen LogP contribution in [0.3, 0.4) is 0 Å². The number of allylic oxidation sites excluding steroid dienone is 1. The van der Waals surface area contributed by atoms with Gasteiger partial charge in [0.2, 0.25) is 0 Å². The molecule has 0 amide bonds. The molecule has 0 N–H and O–H groups in total. The molecule has 1 aromatic rings. The number of pyridine rings is 1. The van der Waals surface area contributed by atoms with Gasteiger partial charge in [-0.3, -0.25) is 4.98 Å². The minimum atomic E-state index is 0.698. The van der Waals surface area contributed by atoms with Crippen LogP contribution in [-0.4, -0.2) is 11.7 Å². The summed E-state index contributed by atoms with van der Waals surface area (Å²) in [4.78, 5) is 4.10. The van der Waals surface area contributed by atoms with E-state index in [1.165, 1.54) is 18.1 Å².